The van der Waals surface area contributed by atoms with Gasteiger partial charge in [-0.05, 0) is 34.0 Å². The number of rotatable bonds is 6. The third-order valence-corrected chi connectivity index (χ3v) is 5.30. The number of halogens is 2. The van der Waals surface area contributed by atoms with E-state index in [9.17, 15) is 13.2 Å². The molecule has 0 aliphatic heterocycles. The molecule has 1 amide bonds. The molecule has 0 aliphatic rings. The highest BCUT2D eigenvalue weighted by molar-refractivity contribution is 9.11. The van der Waals surface area contributed by atoms with E-state index in [0.717, 1.165) is 0 Å². The molecule has 1 aromatic carbocycles. The Kier molecular flexibility index (Phi) is 6.64. The Morgan fingerprint density at radius 1 is 1.33 bits per heavy atom. The Labute approximate surface area is 141 Å². The number of nitrogen functional groups attached to an aromatic ring is 1. The van der Waals surface area contributed by atoms with Crippen LogP contribution in [0.4, 0.5) is 5.69 Å². The molecular weight excluding hydrogens is 426 g/mol. The monoisotopic (exact) mass is 441 g/mol. The topological polar surface area (TPSA) is 101 Å². The Hall–Kier alpha value is -0.640. The molecule has 0 radical (unpaired) electrons. The number of nitrogens with one attached hydrogen (secondary N) is 2. The molecule has 0 bridgehead atoms. The molecule has 1 rings (SSSR count). The van der Waals surface area contributed by atoms with Crippen LogP contribution < -0.4 is 15.8 Å². The number of carbonyl (C=O) groups excluding carboxylic acids is 1. The van der Waals surface area contributed by atoms with Crippen LogP contribution in [0.1, 0.15) is 13.8 Å². The molecule has 0 heterocycles. The van der Waals surface area contributed by atoms with Gasteiger partial charge in [-0.15, -0.1) is 0 Å². The van der Waals surface area contributed by atoms with E-state index in [2.05, 4.69) is 41.9 Å². The van der Waals surface area contributed by atoms with Crippen LogP contribution in [0.25, 0.3) is 0 Å². The second kappa shape index (κ2) is 7.57. The normalized spacial score (nSPS) is 11.7. The standard InChI is InChI=1S/C12H17Br2N3O3S/c1-7(2)5-16-11(18)6-17-21(19,20)12-9(14)3-8(13)4-10(12)15/h3-4,7,17H,5-6,15H2,1-2H3,(H,16,18). The van der Waals surface area contributed by atoms with E-state index >= 15 is 0 Å². The van der Waals surface area contributed by atoms with E-state index in [0.29, 0.717) is 21.4 Å². The lowest BCUT2D eigenvalue weighted by atomic mass is 10.2. The molecule has 1 aromatic rings. The zero-order valence-corrected chi connectivity index (χ0v) is 15.6. The van der Waals surface area contributed by atoms with Crippen molar-refractivity contribution in [3.63, 3.8) is 0 Å². The number of sulfonamides is 1. The van der Waals surface area contributed by atoms with Crippen LogP contribution in [0, 0.1) is 5.92 Å². The lowest BCUT2D eigenvalue weighted by Gasteiger charge is -2.12. The summed E-state index contributed by atoms with van der Waals surface area (Å²) < 4.78 is 27.6. The van der Waals surface area contributed by atoms with Gasteiger partial charge in [0.25, 0.3) is 0 Å². The molecule has 118 valence electrons. The van der Waals surface area contributed by atoms with Crippen molar-refractivity contribution in [3.05, 3.63) is 21.1 Å². The summed E-state index contributed by atoms with van der Waals surface area (Å²) in [6.45, 7) is 4.05. The van der Waals surface area contributed by atoms with E-state index in [4.69, 9.17) is 5.73 Å². The molecule has 9 heteroatoms. The zero-order valence-electron chi connectivity index (χ0n) is 11.6. The average molecular weight is 443 g/mol. The highest BCUT2D eigenvalue weighted by Gasteiger charge is 2.22. The summed E-state index contributed by atoms with van der Waals surface area (Å²) in [6.07, 6.45) is 0. The summed E-state index contributed by atoms with van der Waals surface area (Å²) in [5, 5.41) is 2.63. The van der Waals surface area contributed by atoms with E-state index in [1.807, 2.05) is 13.8 Å². The number of nitrogens with two attached hydrogens (primary N) is 1. The minimum atomic E-state index is -3.88. The van der Waals surface area contributed by atoms with Gasteiger partial charge < -0.3 is 11.1 Å². The molecule has 6 nitrogen and oxygen atoms in total. The molecule has 0 saturated heterocycles. The Bertz CT molecular complexity index is 610. The van der Waals surface area contributed by atoms with Gasteiger partial charge in [-0.1, -0.05) is 29.8 Å². The summed E-state index contributed by atoms with van der Waals surface area (Å²) in [7, 11) is -3.88. The average Bonchev–Trinajstić information content (AvgIpc) is 2.32. The summed E-state index contributed by atoms with van der Waals surface area (Å²) in [6, 6.07) is 3.06. The molecule has 0 spiro atoms. The molecular formula is C12H17Br2N3O3S. The summed E-state index contributed by atoms with van der Waals surface area (Å²) in [5.41, 5.74) is 5.82. The van der Waals surface area contributed by atoms with Gasteiger partial charge in [0.2, 0.25) is 15.9 Å². The number of carbonyl (C=O) groups is 1. The Morgan fingerprint density at radius 2 is 1.95 bits per heavy atom. The van der Waals surface area contributed by atoms with Crippen molar-refractivity contribution < 1.29 is 13.2 Å². The molecule has 0 aromatic heterocycles. The maximum atomic E-state index is 12.2. The minimum Gasteiger partial charge on any atom is -0.398 e. The van der Waals surface area contributed by atoms with Crippen molar-refractivity contribution in [2.75, 3.05) is 18.8 Å². The first-order valence-electron chi connectivity index (χ1n) is 6.14. The third-order valence-electron chi connectivity index (χ3n) is 2.44. The van der Waals surface area contributed by atoms with Crippen LogP contribution in [0.5, 0.6) is 0 Å². The molecule has 0 fully saturated rings. The van der Waals surface area contributed by atoms with E-state index in [1.54, 1.807) is 6.07 Å². The number of hydrogen-bond donors (Lipinski definition) is 3. The number of amides is 1. The number of anilines is 1. The summed E-state index contributed by atoms with van der Waals surface area (Å²) >= 11 is 6.38. The van der Waals surface area contributed by atoms with Crippen LogP contribution in [0.2, 0.25) is 0 Å². The van der Waals surface area contributed by atoms with Crippen molar-refractivity contribution in [1.82, 2.24) is 10.0 Å². The van der Waals surface area contributed by atoms with Gasteiger partial charge in [0.1, 0.15) is 4.90 Å². The molecule has 0 atom stereocenters. The van der Waals surface area contributed by atoms with Crippen molar-refractivity contribution in [1.29, 1.82) is 0 Å². The van der Waals surface area contributed by atoms with Crippen molar-refractivity contribution in [3.8, 4) is 0 Å². The largest absolute Gasteiger partial charge is 0.398 e. The fourth-order valence-corrected chi connectivity index (χ4v) is 4.52. The van der Waals surface area contributed by atoms with Crippen molar-refractivity contribution >= 4 is 53.5 Å². The van der Waals surface area contributed by atoms with Crippen LogP contribution >= 0.6 is 31.9 Å². The first kappa shape index (κ1) is 18.4. The van der Waals surface area contributed by atoms with Gasteiger partial charge in [0.05, 0.1) is 12.2 Å². The predicted molar refractivity (Wildman–Crippen MR) is 89.3 cm³/mol. The fourth-order valence-electron chi connectivity index (χ4n) is 1.48. The van der Waals surface area contributed by atoms with Gasteiger partial charge in [-0.25, -0.2) is 13.1 Å². The first-order chi connectivity index (χ1) is 9.63. The minimum absolute atomic E-state index is 0.0811. The second-order valence-electron chi connectivity index (χ2n) is 4.83. The van der Waals surface area contributed by atoms with Crippen LogP contribution in [0.15, 0.2) is 26.0 Å². The quantitative estimate of drug-likeness (QED) is 0.585. The van der Waals surface area contributed by atoms with Gasteiger partial charge in [0, 0.05) is 15.5 Å². The Morgan fingerprint density at radius 3 is 2.48 bits per heavy atom. The number of hydrogen-bond acceptors (Lipinski definition) is 4. The smallest absolute Gasteiger partial charge is 0.244 e. The highest BCUT2D eigenvalue weighted by Crippen LogP contribution is 2.31. The van der Waals surface area contributed by atoms with Gasteiger partial charge in [-0.3, -0.25) is 4.79 Å². The zero-order chi connectivity index (χ0) is 16.2. The first-order valence-corrected chi connectivity index (χ1v) is 9.21. The van der Waals surface area contributed by atoms with Crippen molar-refractivity contribution in [2.45, 2.75) is 18.7 Å². The number of benzene rings is 1. The van der Waals surface area contributed by atoms with E-state index in [-0.39, 0.29) is 23.0 Å². The lowest BCUT2D eigenvalue weighted by molar-refractivity contribution is -0.120. The molecule has 0 saturated carbocycles. The molecule has 0 aliphatic carbocycles. The van der Waals surface area contributed by atoms with Gasteiger partial charge in [0.15, 0.2) is 0 Å². The summed E-state index contributed by atoms with van der Waals surface area (Å²) in [4.78, 5) is 11.5. The lowest BCUT2D eigenvalue weighted by Crippen LogP contribution is -2.38. The van der Waals surface area contributed by atoms with Crippen LogP contribution in [-0.4, -0.2) is 27.4 Å². The predicted octanol–water partition coefficient (Wildman–Crippen LogP) is 1.84. The molecule has 4 N–H and O–H groups in total. The fraction of sp³-hybridized carbons (Fsp3) is 0.417. The van der Waals surface area contributed by atoms with Gasteiger partial charge in [-0.2, -0.15) is 0 Å². The maximum absolute atomic E-state index is 12.2. The SMILES string of the molecule is CC(C)CNC(=O)CNS(=O)(=O)c1c(N)cc(Br)cc1Br. The van der Waals surface area contributed by atoms with E-state index in [1.165, 1.54) is 6.07 Å². The van der Waals surface area contributed by atoms with E-state index < -0.39 is 10.0 Å². The molecule has 21 heavy (non-hydrogen) atoms. The van der Waals surface area contributed by atoms with Crippen LogP contribution in [0.3, 0.4) is 0 Å². The third kappa shape index (κ3) is 5.57. The van der Waals surface area contributed by atoms with Gasteiger partial charge >= 0.3 is 0 Å². The second-order valence-corrected chi connectivity index (χ2v) is 8.30. The maximum Gasteiger partial charge on any atom is 0.244 e. The highest BCUT2D eigenvalue weighted by atomic mass is 79.9. The van der Waals surface area contributed by atoms with Crippen molar-refractivity contribution in [2.24, 2.45) is 5.92 Å². The Balaban J connectivity index is 2.82. The summed E-state index contributed by atoms with van der Waals surface area (Å²) in [5.74, 6) is -0.0964. The molecule has 0 unspecified atom stereocenters. The van der Waals surface area contributed by atoms with Crippen LogP contribution in [-0.2, 0) is 14.8 Å².